The van der Waals surface area contributed by atoms with Gasteiger partial charge in [0.15, 0.2) is 0 Å². The number of aliphatic carboxylic acids is 1. The zero-order valence-electron chi connectivity index (χ0n) is 10.5. The monoisotopic (exact) mass is 266 g/mol. The number of likely N-dealkylation sites (N-methyl/N-ethyl adjacent to an activating group) is 1. The molecule has 0 aromatic carbocycles. The zero-order valence-corrected chi connectivity index (χ0v) is 11.3. The van der Waals surface area contributed by atoms with E-state index >= 15 is 0 Å². The maximum atomic E-state index is 11.4. The standard InChI is InChI=1S/C10H22N2O4S/c1-3-12(4-2)8-7-11-17(15,16)9-5-6-10(13)14/h11H,3-9H2,1-2H3,(H,13,14). The molecule has 102 valence electrons. The summed E-state index contributed by atoms with van der Waals surface area (Å²) in [4.78, 5) is 11.5. The maximum Gasteiger partial charge on any atom is 0.211 e. The molecule has 0 rings (SSSR count). The number of sulfonamides is 1. The van der Waals surface area contributed by atoms with Gasteiger partial charge in [-0.3, -0.25) is 0 Å². The highest BCUT2D eigenvalue weighted by molar-refractivity contribution is 7.89. The van der Waals surface area contributed by atoms with Crippen LogP contribution < -0.4 is 14.7 Å². The Morgan fingerprint density at radius 3 is 2.35 bits per heavy atom. The van der Waals surface area contributed by atoms with Crippen molar-refractivity contribution < 1.29 is 23.2 Å². The van der Waals surface area contributed by atoms with E-state index in [0.717, 1.165) is 19.6 Å². The van der Waals surface area contributed by atoms with Crippen LogP contribution in [-0.4, -0.2) is 46.3 Å². The lowest BCUT2D eigenvalue weighted by atomic mass is 10.3. The molecule has 0 heterocycles. The lowest BCUT2D eigenvalue weighted by Gasteiger charge is -2.15. The van der Waals surface area contributed by atoms with E-state index in [1.54, 1.807) is 0 Å². The molecule has 0 amide bonds. The smallest absolute Gasteiger partial charge is 0.211 e. The highest BCUT2D eigenvalue weighted by atomic mass is 32.2. The molecule has 17 heavy (non-hydrogen) atoms. The number of carbonyl (C=O) groups excluding carboxylic acids is 1. The van der Waals surface area contributed by atoms with Crippen LogP contribution in [0.1, 0.15) is 26.7 Å². The number of hydrogen-bond acceptors (Lipinski definition) is 4. The maximum absolute atomic E-state index is 11.4. The van der Waals surface area contributed by atoms with Crippen LogP contribution in [0, 0.1) is 0 Å². The van der Waals surface area contributed by atoms with Crippen molar-refractivity contribution in [2.45, 2.75) is 26.7 Å². The number of carboxylic acids is 1. The summed E-state index contributed by atoms with van der Waals surface area (Å²) in [5.74, 6) is -1.37. The molecule has 0 aliphatic heterocycles. The van der Waals surface area contributed by atoms with Gasteiger partial charge in [-0.05, 0) is 26.7 Å². The van der Waals surface area contributed by atoms with Crippen LogP contribution in [0.15, 0.2) is 0 Å². The molecule has 0 spiro atoms. The second-order valence-corrected chi connectivity index (χ2v) is 5.82. The van der Waals surface area contributed by atoms with E-state index in [2.05, 4.69) is 4.72 Å². The third kappa shape index (κ3) is 9.08. The highest BCUT2D eigenvalue weighted by Gasteiger charge is 2.10. The minimum Gasteiger partial charge on any atom is -0.550 e. The van der Waals surface area contributed by atoms with Gasteiger partial charge < -0.3 is 14.8 Å². The fraction of sp³-hybridized carbons (Fsp3) is 0.900. The van der Waals surface area contributed by atoms with Gasteiger partial charge in [0.05, 0.1) is 31.9 Å². The summed E-state index contributed by atoms with van der Waals surface area (Å²) in [5.41, 5.74) is 0. The van der Waals surface area contributed by atoms with Crippen LogP contribution in [0.25, 0.3) is 0 Å². The molecule has 0 aromatic heterocycles. The fourth-order valence-electron chi connectivity index (χ4n) is 1.47. The van der Waals surface area contributed by atoms with Gasteiger partial charge in [-0.2, -0.15) is 0 Å². The Labute approximate surface area is 103 Å². The van der Waals surface area contributed by atoms with Crippen molar-refractivity contribution in [1.29, 1.82) is 0 Å². The van der Waals surface area contributed by atoms with Crippen LogP contribution in [0.4, 0.5) is 0 Å². The van der Waals surface area contributed by atoms with Crippen molar-refractivity contribution in [1.82, 2.24) is 4.72 Å². The molecule has 6 nitrogen and oxygen atoms in total. The molecule has 0 saturated heterocycles. The number of carboxylic acid groups (broad SMARTS) is 1. The van der Waals surface area contributed by atoms with Gasteiger partial charge in [0.25, 0.3) is 0 Å². The topological polar surface area (TPSA) is 90.7 Å². The molecule has 0 saturated carbocycles. The Balaban J connectivity index is 3.82. The van der Waals surface area contributed by atoms with Crippen molar-refractivity contribution in [3.8, 4) is 0 Å². The summed E-state index contributed by atoms with van der Waals surface area (Å²) >= 11 is 0. The van der Waals surface area contributed by atoms with Gasteiger partial charge in [-0.1, -0.05) is 0 Å². The fourth-order valence-corrected chi connectivity index (χ4v) is 2.55. The second-order valence-electron chi connectivity index (χ2n) is 3.90. The number of carbonyl (C=O) groups is 1. The van der Waals surface area contributed by atoms with Crippen molar-refractivity contribution in [2.75, 3.05) is 31.9 Å². The van der Waals surface area contributed by atoms with Crippen molar-refractivity contribution >= 4 is 16.0 Å². The van der Waals surface area contributed by atoms with Crippen LogP contribution >= 0.6 is 0 Å². The molecule has 0 aliphatic carbocycles. The van der Waals surface area contributed by atoms with E-state index in [-0.39, 0.29) is 18.6 Å². The Morgan fingerprint density at radius 1 is 1.29 bits per heavy atom. The molecule has 0 atom stereocenters. The molecule has 0 aliphatic rings. The zero-order chi connectivity index (χ0) is 13.3. The van der Waals surface area contributed by atoms with E-state index < -0.39 is 16.0 Å². The normalized spacial score (nSPS) is 11.9. The van der Waals surface area contributed by atoms with E-state index in [0.29, 0.717) is 6.54 Å². The summed E-state index contributed by atoms with van der Waals surface area (Å²) in [6.07, 6.45) is -0.127. The summed E-state index contributed by atoms with van der Waals surface area (Å²) < 4.78 is 25.3. The quantitative estimate of drug-likeness (QED) is 0.452. The van der Waals surface area contributed by atoms with E-state index in [1.807, 2.05) is 13.8 Å². The first-order valence-corrected chi connectivity index (χ1v) is 7.57. The van der Waals surface area contributed by atoms with Gasteiger partial charge >= 0.3 is 0 Å². The minimum absolute atomic E-state index is 0.0930. The van der Waals surface area contributed by atoms with Gasteiger partial charge in [0, 0.05) is 5.97 Å². The third-order valence-electron chi connectivity index (χ3n) is 2.59. The number of hydrogen-bond donors (Lipinski definition) is 2. The van der Waals surface area contributed by atoms with Crippen molar-refractivity contribution in [3.05, 3.63) is 0 Å². The molecule has 0 radical (unpaired) electrons. The lowest BCUT2D eigenvalue weighted by Crippen LogP contribution is -3.12. The summed E-state index contributed by atoms with van der Waals surface area (Å²) in [5, 5.41) is 10.1. The molecule has 0 aromatic rings. The SMILES string of the molecule is CC[NH+](CC)CCNS(=O)(=O)CCCC(=O)[O-]. The molecule has 0 fully saturated rings. The van der Waals surface area contributed by atoms with E-state index in [4.69, 9.17) is 0 Å². The van der Waals surface area contributed by atoms with E-state index in [1.165, 1.54) is 4.90 Å². The second kappa shape index (κ2) is 8.43. The summed E-state index contributed by atoms with van der Waals surface area (Å²) in [6.45, 7) is 7.16. The predicted molar refractivity (Wildman–Crippen MR) is 62.9 cm³/mol. The number of nitrogens with one attached hydrogen (secondary N) is 2. The van der Waals surface area contributed by atoms with Crippen LogP contribution in [0.5, 0.6) is 0 Å². The largest absolute Gasteiger partial charge is 0.550 e. The van der Waals surface area contributed by atoms with Gasteiger partial charge in [-0.25, -0.2) is 13.1 Å². The molecule has 0 unspecified atom stereocenters. The average Bonchev–Trinajstić information content (AvgIpc) is 2.23. The molecule has 2 N–H and O–H groups in total. The van der Waals surface area contributed by atoms with Gasteiger partial charge in [0.1, 0.15) is 0 Å². The lowest BCUT2D eigenvalue weighted by molar-refractivity contribution is -0.895. The molecule has 7 heteroatoms. The highest BCUT2D eigenvalue weighted by Crippen LogP contribution is 1.92. The minimum atomic E-state index is -3.34. The summed E-state index contributed by atoms with van der Waals surface area (Å²) in [6, 6.07) is 0. The first-order valence-electron chi connectivity index (χ1n) is 5.92. The Morgan fingerprint density at radius 2 is 1.88 bits per heavy atom. The number of quaternary nitrogens is 1. The molecule has 0 bridgehead atoms. The predicted octanol–water partition coefficient (Wildman–Crippen LogP) is -2.64. The summed E-state index contributed by atoms with van der Waals surface area (Å²) in [7, 11) is -3.34. The molecular weight excluding hydrogens is 244 g/mol. The van der Waals surface area contributed by atoms with Crippen molar-refractivity contribution in [3.63, 3.8) is 0 Å². The Bertz CT molecular complexity index is 312. The van der Waals surface area contributed by atoms with Crippen LogP contribution in [0.2, 0.25) is 0 Å². The Kier molecular flexibility index (Phi) is 8.11. The first-order chi connectivity index (χ1) is 7.91. The third-order valence-corrected chi connectivity index (χ3v) is 4.06. The van der Waals surface area contributed by atoms with Crippen LogP contribution in [-0.2, 0) is 14.8 Å². The first kappa shape index (κ1) is 16.3. The van der Waals surface area contributed by atoms with Crippen LogP contribution in [0.3, 0.4) is 0 Å². The van der Waals surface area contributed by atoms with Gasteiger partial charge in [-0.15, -0.1) is 0 Å². The van der Waals surface area contributed by atoms with Gasteiger partial charge in [0.2, 0.25) is 10.0 Å². The van der Waals surface area contributed by atoms with Crippen molar-refractivity contribution in [2.24, 2.45) is 0 Å². The molecular formula is C10H22N2O4S. The Hall–Kier alpha value is -0.660. The number of rotatable bonds is 10. The average molecular weight is 266 g/mol. The van der Waals surface area contributed by atoms with E-state index in [9.17, 15) is 18.3 Å².